The van der Waals surface area contributed by atoms with Crippen molar-refractivity contribution in [3.63, 3.8) is 0 Å². The van der Waals surface area contributed by atoms with E-state index in [2.05, 4.69) is 28.2 Å². The van der Waals surface area contributed by atoms with Gasteiger partial charge in [-0.2, -0.15) is 0 Å². The summed E-state index contributed by atoms with van der Waals surface area (Å²) in [7, 11) is 0. The van der Waals surface area contributed by atoms with Crippen molar-refractivity contribution in [2.75, 3.05) is 11.9 Å². The number of carbonyl (C=O) groups excluding carboxylic acids is 2. The quantitative estimate of drug-likeness (QED) is 0.324. The van der Waals surface area contributed by atoms with Gasteiger partial charge in [0.15, 0.2) is 0 Å². The zero-order chi connectivity index (χ0) is 19.6. The van der Waals surface area contributed by atoms with E-state index in [1.54, 1.807) is 6.92 Å². The molecule has 6 heteroatoms. The van der Waals surface area contributed by atoms with Crippen molar-refractivity contribution in [2.24, 2.45) is 0 Å². The van der Waals surface area contributed by atoms with Gasteiger partial charge in [-0.05, 0) is 31.0 Å². The van der Waals surface area contributed by atoms with Gasteiger partial charge in [-0.25, -0.2) is 4.79 Å². The predicted octanol–water partition coefficient (Wildman–Crippen LogP) is 6.65. The van der Waals surface area contributed by atoms with Crippen LogP contribution in [0.3, 0.4) is 0 Å². The average Bonchev–Trinajstić information content (AvgIpc) is 3.06. The first kappa shape index (κ1) is 21.6. The molecule has 1 amide bonds. The van der Waals surface area contributed by atoms with Gasteiger partial charge in [-0.15, -0.1) is 11.3 Å². The second-order valence-electron chi connectivity index (χ2n) is 6.29. The molecule has 0 radical (unpaired) electrons. The lowest BCUT2D eigenvalue weighted by Crippen LogP contribution is -2.14. The van der Waals surface area contributed by atoms with E-state index in [9.17, 15) is 9.59 Å². The van der Waals surface area contributed by atoms with E-state index >= 15 is 0 Å². The van der Waals surface area contributed by atoms with Crippen LogP contribution >= 0.6 is 27.3 Å². The maximum absolute atomic E-state index is 12.5. The van der Waals surface area contributed by atoms with Crippen molar-refractivity contribution in [2.45, 2.75) is 52.4 Å². The molecule has 1 aromatic carbocycles. The first-order chi connectivity index (χ1) is 13.1. The number of unbranched alkanes of at least 4 members (excludes halogenated alkanes) is 4. The Morgan fingerprint density at radius 1 is 1.07 bits per heavy atom. The maximum atomic E-state index is 12.5. The van der Waals surface area contributed by atoms with Crippen LogP contribution in [0.4, 0.5) is 5.00 Å². The molecule has 2 rings (SSSR count). The summed E-state index contributed by atoms with van der Waals surface area (Å²) in [6, 6.07) is 7.73. The molecule has 0 aliphatic carbocycles. The Bertz CT molecular complexity index is 755. The normalized spacial score (nSPS) is 10.6. The summed E-state index contributed by atoms with van der Waals surface area (Å²) in [5, 5.41) is 5.37. The summed E-state index contributed by atoms with van der Waals surface area (Å²) in [5.74, 6) is -0.462. The maximum Gasteiger partial charge on any atom is 0.341 e. The molecule has 1 N–H and O–H groups in total. The van der Waals surface area contributed by atoms with Crippen molar-refractivity contribution >= 4 is 44.1 Å². The van der Waals surface area contributed by atoms with Gasteiger partial charge in [0, 0.05) is 21.8 Å². The number of hydrogen-bond donors (Lipinski definition) is 1. The van der Waals surface area contributed by atoms with Gasteiger partial charge in [0.25, 0.3) is 0 Å². The topological polar surface area (TPSA) is 55.4 Å². The van der Waals surface area contributed by atoms with Crippen LogP contribution in [0.2, 0.25) is 0 Å². The molecule has 0 saturated heterocycles. The number of benzene rings is 1. The molecule has 0 bridgehead atoms. The number of rotatable bonds is 10. The van der Waals surface area contributed by atoms with Crippen molar-refractivity contribution in [3.05, 3.63) is 39.7 Å². The summed E-state index contributed by atoms with van der Waals surface area (Å²) < 4.78 is 6.20. The zero-order valence-corrected chi connectivity index (χ0v) is 18.2. The minimum Gasteiger partial charge on any atom is -0.462 e. The van der Waals surface area contributed by atoms with Crippen LogP contribution in [0, 0.1) is 0 Å². The number of ether oxygens (including phenoxy) is 1. The molecule has 1 heterocycles. The lowest BCUT2D eigenvalue weighted by Gasteiger charge is -2.09. The van der Waals surface area contributed by atoms with E-state index in [4.69, 9.17) is 4.74 Å². The number of anilines is 1. The summed E-state index contributed by atoms with van der Waals surface area (Å²) in [4.78, 5) is 24.8. The zero-order valence-electron chi connectivity index (χ0n) is 15.8. The number of halogens is 1. The molecule has 4 nitrogen and oxygen atoms in total. The van der Waals surface area contributed by atoms with Gasteiger partial charge in [0.05, 0.1) is 6.61 Å². The van der Waals surface area contributed by atoms with Crippen molar-refractivity contribution < 1.29 is 14.3 Å². The third-order valence-corrected chi connectivity index (χ3v) is 5.61. The molecule has 0 aliphatic heterocycles. The molecular formula is C21H26BrNO3S. The SMILES string of the molecule is CCCCCCCC(=O)Nc1scc(-c2ccc(Br)cc2)c1C(=O)OCC. The number of hydrogen-bond acceptors (Lipinski definition) is 4. The fraction of sp³-hybridized carbons (Fsp3) is 0.429. The summed E-state index contributed by atoms with van der Waals surface area (Å²) in [6.07, 6.45) is 5.94. The summed E-state index contributed by atoms with van der Waals surface area (Å²) in [6.45, 7) is 4.24. The van der Waals surface area contributed by atoms with E-state index in [-0.39, 0.29) is 5.91 Å². The molecular weight excluding hydrogens is 426 g/mol. The van der Waals surface area contributed by atoms with E-state index in [0.29, 0.717) is 23.6 Å². The lowest BCUT2D eigenvalue weighted by atomic mass is 10.0. The fourth-order valence-electron chi connectivity index (χ4n) is 2.78. The average molecular weight is 452 g/mol. The van der Waals surface area contributed by atoms with Crippen molar-refractivity contribution in [3.8, 4) is 11.1 Å². The molecule has 2 aromatic rings. The van der Waals surface area contributed by atoms with E-state index in [0.717, 1.165) is 34.9 Å². The molecule has 0 fully saturated rings. The first-order valence-corrected chi connectivity index (χ1v) is 11.1. The van der Waals surface area contributed by atoms with Crippen molar-refractivity contribution in [1.29, 1.82) is 0 Å². The van der Waals surface area contributed by atoms with Crippen LogP contribution < -0.4 is 5.32 Å². The number of nitrogens with one attached hydrogen (secondary N) is 1. The molecule has 0 saturated carbocycles. The molecule has 1 aromatic heterocycles. The van der Waals surface area contributed by atoms with E-state index in [1.807, 2.05) is 29.6 Å². The number of thiophene rings is 1. The van der Waals surface area contributed by atoms with Crippen LogP contribution in [0.25, 0.3) is 11.1 Å². The standard InChI is InChI=1S/C21H26BrNO3S/c1-3-5-6-7-8-9-18(24)23-20-19(21(25)26-4-2)17(14-27-20)15-10-12-16(22)13-11-15/h10-14H,3-9H2,1-2H3,(H,23,24). The highest BCUT2D eigenvalue weighted by molar-refractivity contribution is 9.10. The van der Waals surface area contributed by atoms with Crippen LogP contribution in [0.15, 0.2) is 34.1 Å². The van der Waals surface area contributed by atoms with Gasteiger partial charge in [0.2, 0.25) is 5.91 Å². The second kappa shape index (κ2) is 11.2. The summed E-state index contributed by atoms with van der Waals surface area (Å²) >= 11 is 4.78. The van der Waals surface area contributed by atoms with Gasteiger partial charge in [0.1, 0.15) is 10.6 Å². The Morgan fingerprint density at radius 2 is 1.78 bits per heavy atom. The fourth-order valence-corrected chi connectivity index (χ4v) is 4.01. The van der Waals surface area contributed by atoms with Crippen LogP contribution in [0.1, 0.15) is 62.7 Å². The molecule has 0 unspecified atom stereocenters. The Labute approximate surface area is 173 Å². The van der Waals surface area contributed by atoms with E-state index in [1.165, 1.54) is 24.2 Å². The third-order valence-electron chi connectivity index (χ3n) is 4.19. The first-order valence-electron chi connectivity index (χ1n) is 9.41. The van der Waals surface area contributed by atoms with Crippen LogP contribution in [-0.2, 0) is 9.53 Å². The van der Waals surface area contributed by atoms with Gasteiger partial charge in [-0.1, -0.05) is 60.7 Å². The van der Waals surface area contributed by atoms with Crippen LogP contribution in [0.5, 0.6) is 0 Å². The van der Waals surface area contributed by atoms with Crippen LogP contribution in [-0.4, -0.2) is 18.5 Å². The molecule has 0 aliphatic rings. The molecule has 0 spiro atoms. The monoisotopic (exact) mass is 451 g/mol. The number of esters is 1. The Kier molecular flexibility index (Phi) is 9.01. The minimum atomic E-state index is -0.407. The Balaban J connectivity index is 2.14. The summed E-state index contributed by atoms with van der Waals surface area (Å²) in [5.41, 5.74) is 2.13. The smallest absolute Gasteiger partial charge is 0.341 e. The highest BCUT2D eigenvalue weighted by atomic mass is 79.9. The Morgan fingerprint density at radius 3 is 2.44 bits per heavy atom. The van der Waals surface area contributed by atoms with Gasteiger partial charge < -0.3 is 10.1 Å². The van der Waals surface area contributed by atoms with E-state index < -0.39 is 5.97 Å². The van der Waals surface area contributed by atoms with Crippen molar-refractivity contribution in [1.82, 2.24) is 0 Å². The number of amides is 1. The highest BCUT2D eigenvalue weighted by Gasteiger charge is 2.22. The Hall–Kier alpha value is -1.66. The minimum absolute atomic E-state index is 0.0544. The molecule has 146 valence electrons. The largest absolute Gasteiger partial charge is 0.462 e. The number of carbonyl (C=O) groups is 2. The third kappa shape index (κ3) is 6.47. The molecule has 27 heavy (non-hydrogen) atoms. The molecule has 0 atom stereocenters. The predicted molar refractivity (Wildman–Crippen MR) is 115 cm³/mol. The van der Waals surface area contributed by atoms with Gasteiger partial charge in [-0.3, -0.25) is 4.79 Å². The lowest BCUT2D eigenvalue weighted by molar-refractivity contribution is -0.116. The second-order valence-corrected chi connectivity index (χ2v) is 8.09. The highest BCUT2D eigenvalue weighted by Crippen LogP contribution is 2.36. The van der Waals surface area contributed by atoms with Gasteiger partial charge >= 0.3 is 5.97 Å².